The fourth-order valence-corrected chi connectivity index (χ4v) is 1.47. The normalized spacial score (nSPS) is 8.35. The van der Waals surface area contributed by atoms with E-state index in [-0.39, 0.29) is 12.4 Å². The van der Waals surface area contributed by atoms with Crippen molar-refractivity contribution in [3.8, 4) is 0 Å². The van der Waals surface area contributed by atoms with Gasteiger partial charge in [0.2, 0.25) is 0 Å². The van der Waals surface area contributed by atoms with E-state index in [1.54, 1.807) is 0 Å². The molecule has 124 valence electrons. The van der Waals surface area contributed by atoms with Gasteiger partial charge in [-0.05, 0) is 16.7 Å². The monoisotopic (exact) mass is 329 g/mol. The highest BCUT2D eigenvalue weighted by Gasteiger charge is 1.89. The summed E-state index contributed by atoms with van der Waals surface area (Å²) in [7, 11) is 6.25. The molecule has 0 aliphatic carbocycles. The lowest BCUT2D eigenvalue weighted by atomic mass is 10.1. The van der Waals surface area contributed by atoms with Crippen LogP contribution in [-0.2, 0) is 0 Å². The van der Waals surface area contributed by atoms with Crippen LogP contribution in [0.5, 0.6) is 0 Å². The van der Waals surface area contributed by atoms with Gasteiger partial charge >= 0.3 is 0 Å². The molecule has 0 fully saturated rings. The minimum absolute atomic E-state index is 0. The molecule has 2 heteroatoms. The predicted molar refractivity (Wildman–Crippen MR) is 102 cm³/mol. The molecule has 2 rings (SSSR count). The first-order chi connectivity index (χ1) is 10.5. The second kappa shape index (κ2) is 14.8. The van der Waals surface area contributed by atoms with Crippen LogP contribution in [0.25, 0.3) is 18.2 Å². The zero-order chi connectivity index (χ0) is 16.8. The number of rotatable bonds is 3. The van der Waals surface area contributed by atoms with Gasteiger partial charge in [-0.1, -0.05) is 92.6 Å². The Hall–Kier alpha value is -2.09. The molecule has 0 radical (unpaired) electrons. The summed E-state index contributed by atoms with van der Waals surface area (Å²) in [4.78, 5) is 1.42. The first-order valence-electron chi connectivity index (χ1n) is 7.33. The molecule has 1 N–H and O–H groups in total. The van der Waals surface area contributed by atoms with Crippen LogP contribution >= 0.6 is 0 Å². The Morgan fingerprint density at radius 1 is 0.652 bits per heavy atom. The molecule has 23 heavy (non-hydrogen) atoms. The predicted octanol–water partition coefficient (Wildman–Crippen LogP) is 1.07. The number of halogens is 1. The van der Waals surface area contributed by atoms with Gasteiger partial charge in [0, 0.05) is 0 Å². The zero-order valence-corrected chi connectivity index (χ0v) is 15.2. The van der Waals surface area contributed by atoms with Gasteiger partial charge in [-0.3, -0.25) is 0 Å². The summed E-state index contributed by atoms with van der Waals surface area (Å²) in [5.74, 6) is 0. The Kier molecular flexibility index (Phi) is 14.9. The smallest absolute Gasteiger partial charge is 0.0661 e. The summed E-state index contributed by atoms with van der Waals surface area (Å²) in [5, 5.41) is 0. The maximum atomic E-state index is 3.69. The quantitative estimate of drug-likeness (QED) is 0.859. The van der Waals surface area contributed by atoms with Crippen molar-refractivity contribution in [1.29, 1.82) is 0 Å². The average Bonchev–Trinajstić information content (AvgIpc) is 2.55. The van der Waals surface area contributed by atoms with E-state index in [1.165, 1.54) is 10.5 Å². The van der Waals surface area contributed by atoms with Crippen LogP contribution < -0.4 is 17.3 Å². The van der Waals surface area contributed by atoms with Crippen LogP contribution in [0.4, 0.5) is 0 Å². The highest BCUT2D eigenvalue weighted by molar-refractivity contribution is 5.63. The molecule has 0 aliphatic heterocycles. The number of benzene rings is 2. The van der Waals surface area contributed by atoms with Gasteiger partial charge in [0.1, 0.15) is 0 Å². The molecule has 2 aromatic rings. The maximum Gasteiger partial charge on any atom is 0.0661 e. The van der Waals surface area contributed by atoms with E-state index in [2.05, 4.69) is 40.9 Å². The third-order valence-electron chi connectivity index (χ3n) is 2.47. The molecular weight excluding hydrogens is 302 g/mol. The van der Waals surface area contributed by atoms with Crippen molar-refractivity contribution in [3.63, 3.8) is 0 Å². The lowest BCUT2D eigenvalue weighted by molar-refractivity contribution is -0.836. The van der Waals surface area contributed by atoms with Crippen molar-refractivity contribution in [3.05, 3.63) is 91.0 Å². The molecule has 0 unspecified atom stereocenters. The summed E-state index contributed by atoms with van der Waals surface area (Å²) in [6, 6.07) is 18.0. The molecule has 0 spiro atoms. The SMILES string of the molecule is C=Cc1ccccc1.C=Cc1ccccc1C=C.C[NH+](C)C.[Cl-]. The van der Waals surface area contributed by atoms with Crippen LogP contribution in [0, 0.1) is 0 Å². The van der Waals surface area contributed by atoms with E-state index >= 15 is 0 Å². The van der Waals surface area contributed by atoms with Crippen molar-refractivity contribution in [2.45, 2.75) is 0 Å². The summed E-state index contributed by atoms with van der Waals surface area (Å²) >= 11 is 0. The summed E-state index contributed by atoms with van der Waals surface area (Å²) in [6.45, 7) is 11.0. The Morgan fingerprint density at radius 2 is 1.00 bits per heavy atom. The van der Waals surface area contributed by atoms with Crippen LogP contribution in [-0.4, -0.2) is 21.1 Å². The van der Waals surface area contributed by atoms with E-state index in [1.807, 2.05) is 72.8 Å². The van der Waals surface area contributed by atoms with Crippen LogP contribution in [0.2, 0.25) is 0 Å². The van der Waals surface area contributed by atoms with Crippen LogP contribution in [0.15, 0.2) is 74.3 Å². The van der Waals surface area contributed by atoms with E-state index in [4.69, 9.17) is 0 Å². The third kappa shape index (κ3) is 12.2. The largest absolute Gasteiger partial charge is 1.00 e. The third-order valence-corrected chi connectivity index (χ3v) is 2.47. The molecule has 0 atom stereocenters. The van der Waals surface area contributed by atoms with Crippen molar-refractivity contribution in [1.82, 2.24) is 0 Å². The van der Waals surface area contributed by atoms with Crippen LogP contribution in [0.1, 0.15) is 16.7 Å². The first kappa shape index (κ1) is 23.2. The lowest BCUT2D eigenvalue weighted by Crippen LogP contribution is -3.02. The fraction of sp³-hybridized carbons (Fsp3) is 0.143. The first-order valence-corrected chi connectivity index (χ1v) is 7.33. The lowest BCUT2D eigenvalue weighted by Gasteiger charge is -1.96. The summed E-state index contributed by atoms with van der Waals surface area (Å²) in [5.41, 5.74) is 3.45. The van der Waals surface area contributed by atoms with Gasteiger partial charge in [0.05, 0.1) is 21.1 Å². The standard InChI is InChI=1S/C10H10.C8H8.C3H9N.ClH/c1-3-9-7-5-6-8-10(9)4-2;1-2-8-6-4-3-5-7-8;1-4(2)3;/h3-8H,1-2H2;2-7H,1H2;1-3H3;1H. The van der Waals surface area contributed by atoms with Gasteiger partial charge in [-0.2, -0.15) is 0 Å². The Bertz CT molecular complexity index is 529. The molecule has 1 nitrogen and oxygen atoms in total. The number of nitrogens with one attached hydrogen (secondary N) is 1. The molecule has 0 heterocycles. The van der Waals surface area contributed by atoms with Gasteiger partial charge in [-0.25, -0.2) is 0 Å². The van der Waals surface area contributed by atoms with E-state index in [9.17, 15) is 0 Å². The van der Waals surface area contributed by atoms with E-state index in [0.717, 1.165) is 11.1 Å². The average molecular weight is 330 g/mol. The second-order valence-corrected chi connectivity index (χ2v) is 5.15. The Labute approximate surface area is 148 Å². The number of hydrogen-bond acceptors (Lipinski definition) is 0. The zero-order valence-electron chi connectivity index (χ0n) is 14.4. The molecule has 0 amide bonds. The highest BCUT2D eigenvalue weighted by Crippen LogP contribution is 2.10. The van der Waals surface area contributed by atoms with Crippen molar-refractivity contribution in [2.75, 3.05) is 21.1 Å². The Morgan fingerprint density at radius 3 is 1.26 bits per heavy atom. The van der Waals surface area contributed by atoms with Crippen molar-refractivity contribution in [2.24, 2.45) is 0 Å². The molecule has 0 saturated carbocycles. The van der Waals surface area contributed by atoms with Crippen molar-refractivity contribution >= 4 is 18.2 Å². The number of quaternary nitrogens is 1. The second-order valence-electron chi connectivity index (χ2n) is 5.15. The van der Waals surface area contributed by atoms with Gasteiger partial charge in [0.15, 0.2) is 0 Å². The van der Waals surface area contributed by atoms with Crippen molar-refractivity contribution < 1.29 is 17.3 Å². The summed E-state index contributed by atoms with van der Waals surface area (Å²) < 4.78 is 0. The molecular formula is C21H28ClN. The fourth-order valence-electron chi connectivity index (χ4n) is 1.47. The summed E-state index contributed by atoms with van der Waals surface area (Å²) in [6.07, 6.45) is 5.49. The number of hydrogen-bond donors (Lipinski definition) is 1. The molecule has 0 saturated heterocycles. The van der Waals surface area contributed by atoms with E-state index in [0.29, 0.717) is 0 Å². The van der Waals surface area contributed by atoms with Gasteiger partial charge in [0.25, 0.3) is 0 Å². The molecule has 0 aromatic heterocycles. The van der Waals surface area contributed by atoms with E-state index < -0.39 is 0 Å². The minimum atomic E-state index is 0. The topological polar surface area (TPSA) is 4.44 Å². The Balaban J connectivity index is 0. The minimum Gasteiger partial charge on any atom is -1.00 e. The maximum absolute atomic E-state index is 3.69. The van der Waals surface area contributed by atoms with Gasteiger partial charge in [-0.15, -0.1) is 0 Å². The van der Waals surface area contributed by atoms with Gasteiger partial charge < -0.3 is 17.3 Å². The molecule has 0 aliphatic rings. The van der Waals surface area contributed by atoms with Crippen LogP contribution in [0.3, 0.4) is 0 Å². The molecule has 0 bridgehead atoms. The highest BCUT2D eigenvalue weighted by atomic mass is 35.5. The molecule has 2 aromatic carbocycles.